The van der Waals surface area contributed by atoms with Gasteiger partial charge in [-0.3, -0.25) is 9.59 Å². The lowest BCUT2D eigenvalue weighted by molar-refractivity contribution is -0.139. The quantitative estimate of drug-likeness (QED) is 0.709. The molecule has 3 unspecified atom stereocenters. The van der Waals surface area contributed by atoms with Gasteiger partial charge < -0.3 is 15.3 Å². The number of benzene rings is 1. The van der Waals surface area contributed by atoms with Crippen LogP contribution < -0.4 is 0 Å². The van der Waals surface area contributed by atoms with Crippen LogP contribution in [0.25, 0.3) is 0 Å². The Morgan fingerprint density at radius 1 is 1.19 bits per heavy atom. The van der Waals surface area contributed by atoms with Gasteiger partial charge in [0.25, 0.3) is 0 Å². The summed E-state index contributed by atoms with van der Waals surface area (Å²) < 4.78 is 0. The lowest BCUT2D eigenvalue weighted by Crippen LogP contribution is -2.10. The van der Waals surface area contributed by atoms with E-state index in [4.69, 9.17) is 15.3 Å². The minimum Gasteiger partial charge on any atom is -0.481 e. The van der Waals surface area contributed by atoms with Gasteiger partial charge in [-0.25, -0.2) is 4.79 Å². The fraction of sp³-hybridized carbons (Fsp3) is 0.400. The number of aromatic carboxylic acids is 1. The summed E-state index contributed by atoms with van der Waals surface area (Å²) in [5.74, 6) is -3.69. The molecule has 1 aliphatic rings. The molecule has 6 heteroatoms. The van der Waals surface area contributed by atoms with E-state index in [0.29, 0.717) is 18.4 Å². The van der Waals surface area contributed by atoms with E-state index in [1.807, 2.05) is 0 Å². The van der Waals surface area contributed by atoms with Crippen LogP contribution in [-0.2, 0) is 9.59 Å². The fourth-order valence-corrected chi connectivity index (χ4v) is 2.75. The zero-order valence-corrected chi connectivity index (χ0v) is 11.2. The van der Waals surface area contributed by atoms with E-state index in [0.717, 1.165) is 0 Å². The monoisotopic (exact) mass is 292 g/mol. The zero-order valence-electron chi connectivity index (χ0n) is 11.2. The molecule has 3 N–H and O–H groups in total. The molecule has 112 valence electrons. The van der Waals surface area contributed by atoms with Gasteiger partial charge in [-0.05, 0) is 42.4 Å². The average molecular weight is 292 g/mol. The van der Waals surface area contributed by atoms with E-state index in [9.17, 15) is 14.4 Å². The van der Waals surface area contributed by atoms with Crippen LogP contribution >= 0.6 is 0 Å². The van der Waals surface area contributed by atoms with Crippen LogP contribution in [0.1, 0.15) is 41.1 Å². The van der Waals surface area contributed by atoms with Crippen LogP contribution in [0.3, 0.4) is 0 Å². The van der Waals surface area contributed by atoms with Gasteiger partial charge in [-0.15, -0.1) is 0 Å². The van der Waals surface area contributed by atoms with E-state index in [1.54, 1.807) is 12.1 Å². The maximum absolute atomic E-state index is 11.0. The molecule has 6 nitrogen and oxygen atoms in total. The molecule has 0 radical (unpaired) electrons. The molecule has 0 aliphatic heterocycles. The number of carboxylic acid groups (broad SMARTS) is 3. The summed E-state index contributed by atoms with van der Waals surface area (Å²) in [5.41, 5.74) is 0.824. The van der Waals surface area contributed by atoms with Crippen LogP contribution in [0.15, 0.2) is 24.3 Å². The predicted molar refractivity (Wildman–Crippen MR) is 72.2 cm³/mol. The molecule has 1 fully saturated rings. The first-order valence-electron chi connectivity index (χ1n) is 6.68. The third kappa shape index (κ3) is 3.59. The summed E-state index contributed by atoms with van der Waals surface area (Å²) >= 11 is 0. The zero-order chi connectivity index (χ0) is 15.6. The molecule has 0 aromatic heterocycles. The molecule has 0 saturated heterocycles. The minimum absolute atomic E-state index is 0.0647. The Balaban J connectivity index is 2.22. The van der Waals surface area contributed by atoms with Crippen molar-refractivity contribution in [3.05, 3.63) is 35.4 Å². The van der Waals surface area contributed by atoms with Gasteiger partial charge in [0.05, 0.1) is 11.5 Å². The Bertz CT molecular complexity index is 579. The highest BCUT2D eigenvalue weighted by Gasteiger charge is 2.48. The maximum atomic E-state index is 11.0. The first-order chi connectivity index (χ1) is 9.90. The topological polar surface area (TPSA) is 112 Å². The third-order valence-corrected chi connectivity index (χ3v) is 3.90. The van der Waals surface area contributed by atoms with E-state index in [-0.39, 0.29) is 23.8 Å². The van der Waals surface area contributed by atoms with Crippen molar-refractivity contribution < 1.29 is 29.7 Å². The van der Waals surface area contributed by atoms with Crippen molar-refractivity contribution in [1.29, 1.82) is 0 Å². The normalized spacial score (nSPS) is 21.5. The van der Waals surface area contributed by atoms with Crippen molar-refractivity contribution in [3.8, 4) is 0 Å². The van der Waals surface area contributed by atoms with Crippen molar-refractivity contribution in [2.24, 2.45) is 11.8 Å². The van der Waals surface area contributed by atoms with Gasteiger partial charge in [-0.1, -0.05) is 12.1 Å². The Labute approximate surface area is 121 Å². The van der Waals surface area contributed by atoms with Crippen molar-refractivity contribution in [1.82, 2.24) is 0 Å². The molecular weight excluding hydrogens is 276 g/mol. The van der Waals surface area contributed by atoms with E-state index in [1.165, 1.54) is 12.1 Å². The number of hydrogen-bond acceptors (Lipinski definition) is 3. The molecular formula is C15H16O6. The van der Waals surface area contributed by atoms with Gasteiger partial charge in [-0.2, -0.15) is 0 Å². The largest absolute Gasteiger partial charge is 0.481 e. The molecule has 1 aromatic rings. The summed E-state index contributed by atoms with van der Waals surface area (Å²) in [6, 6.07) is 6.30. The van der Waals surface area contributed by atoms with E-state index >= 15 is 0 Å². The highest BCUT2D eigenvalue weighted by Crippen LogP contribution is 2.50. The van der Waals surface area contributed by atoms with E-state index < -0.39 is 23.8 Å². The van der Waals surface area contributed by atoms with E-state index in [2.05, 4.69) is 0 Å². The SMILES string of the molecule is O=C(O)CCC(c1cccc(C(=O)O)c1)C1CC1C(=O)O. The number of rotatable bonds is 7. The lowest BCUT2D eigenvalue weighted by atomic mass is 9.88. The second-order valence-electron chi connectivity index (χ2n) is 5.31. The molecule has 0 heterocycles. The summed E-state index contributed by atoms with van der Waals surface area (Å²) in [4.78, 5) is 32.8. The smallest absolute Gasteiger partial charge is 0.335 e. The first kappa shape index (κ1) is 15.0. The van der Waals surface area contributed by atoms with Gasteiger partial charge in [0.2, 0.25) is 0 Å². The van der Waals surface area contributed by atoms with Crippen molar-refractivity contribution in [2.45, 2.75) is 25.2 Å². The van der Waals surface area contributed by atoms with Crippen molar-refractivity contribution >= 4 is 17.9 Å². The molecule has 0 bridgehead atoms. The lowest BCUT2D eigenvalue weighted by Gasteiger charge is -2.17. The predicted octanol–water partition coefficient (Wildman–Crippen LogP) is 2.05. The van der Waals surface area contributed by atoms with Crippen molar-refractivity contribution in [3.63, 3.8) is 0 Å². The van der Waals surface area contributed by atoms with Crippen LogP contribution in [0.2, 0.25) is 0 Å². The Kier molecular flexibility index (Phi) is 4.26. The van der Waals surface area contributed by atoms with Gasteiger partial charge >= 0.3 is 17.9 Å². The number of carboxylic acids is 3. The van der Waals surface area contributed by atoms with Gasteiger partial charge in [0.1, 0.15) is 0 Å². The van der Waals surface area contributed by atoms with Crippen LogP contribution in [-0.4, -0.2) is 33.2 Å². The maximum Gasteiger partial charge on any atom is 0.335 e. The standard InChI is InChI=1S/C15H16O6/c16-13(17)5-4-10(11-7-12(11)15(20)21)8-2-1-3-9(6-8)14(18)19/h1-3,6,10-12H,4-5,7H2,(H,16,17)(H,18,19)(H,20,21). The fourth-order valence-electron chi connectivity index (χ4n) is 2.75. The molecule has 1 saturated carbocycles. The van der Waals surface area contributed by atoms with Crippen LogP contribution in [0.5, 0.6) is 0 Å². The summed E-state index contributed by atoms with van der Waals surface area (Å²) in [6.07, 6.45) is 0.759. The third-order valence-electron chi connectivity index (χ3n) is 3.90. The van der Waals surface area contributed by atoms with Crippen LogP contribution in [0.4, 0.5) is 0 Å². The second kappa shape index (κ2) is 5.95. The first-order valence-corrected chi connectivity index (χ1v) is 6.68. The molecule has 2 rings (SSSR count). The summed E-state index contributed by atoms with van der Waals surface area (Å²) in [7, 11) is 0. The van der Waals surface area contributed by atoms with Crippen LogP contribution in [0, 0.1) is 11.8 Å². The molecule has 21 heavy (non-hydrogen) atoms. The highest BCUT2D eigenvalue weighted by atomic mass is 16.4. The molecule has 1 aromatic carbocycles. The minimum atomic E-state index is -1.06. The molecule has 1 aliphatic carbocycles. The Hall–Kier alpha value is -2.37. The Morgan fingerprint density at radius 2 is 1.90 bits per heavy atom. The summed E-state index contributed by atoms with van der Waals surface area (Å²) in [5, 5.41) is 26.9. The summed E-state index contributed by atoms with van der Waals surface area (Å²) in [6.45, 7) is 0. The number of aliphatic carboxylic acids is 2. The molecule has 3 atom stereocenters. The molecule has 0 amide bonds. The molecule has 0 spiro atoms. The number of carbonyl (C=O) groups is 3. The van der Waals surface area contributed by atoms with Crippen molar-refractivity contribution in [2.75, 3.05) is 0 Å². The second-order valence-corrected chi connectivity index (χ2v) is 5.31. The Morgan fingerprint density at radius 3 is 2.43 bits per heavy atom. The average Bonchev–Trinajstić information content (AvgIpc) is 3.19. The van der Waals surface area contributed by atoms with Gasteiger partial charge in [0.15, 0.2) is 0 Å². The highest BCUT2D eigenvalue weighted by molar-refractivity contribution is 5.87. The number of hydrogen-bond donors (Lipinski definition) is 3. The van der Waals surface area contributed by atoms with Gasteiger partial charge in [0, 0.05) is 6.42 Å².